The monoisotopic (exact) mass is 378 g/mol. The summed E-state index contributed by atoms with van der Waals surface area (Å²) in [5.74, 6) is 1.10. The number of hydrogen-bond acceptors (Lipinski definition) is 2. The molecular formula is C27H22O2. The largest absolute Gasteiger partial charge is 0.464 e. The molecule has 6 rings (SSSR count). The Morgan fingerprint density at radius 1 is 0.586 bits per heavy atom. The molecule has 0 aliphatic heterocycles. The number of fused-ring (bicyclic) bond motifs is 9. The number of aryl methyl sites for hydroxylation is 1. The van der Waals surface area contributed by atoms with Crippen LogP contribution in [0.1, 0.15) is 31.9 Å². The predicted octanol–water partition coefficient (Wildman–Crippen LogP) is 8.37. The molecule has 142 valence electrons. The van der Waals surface area contributed by atoms with Crippen LogP contribution < -0.4 is 0 Å². The van der Waals surface area contributed by atoms with Crippen molar-refractivity contribution in [1.29, 1.82) is 0 Å². The molecule has 0 aliphatic rings. The molecule has 0 N–H and O–H groups in total. The third-order valence-corrected chi connectivity index (χ3v) is 6.20. The molecule has 0 radical (unpaired) electrons. The summed E-state index contributed by atoms with van der Waals surface area (Å²) in [5, 5.41) is 10.0. The minimum atomic E-state index is 0.938. The number of benzene rings is 4. The van der Waals surface area contributed by atoms with Gasteiger partial charge >= 0.3 is 0 Å². The van der Waals surface area contributed by atoms with Gasteiger partial charge in [-0.3, -0.25) is 0 Å². The molecule has 0 aliphatic carbocycles. The van der Waals surface area contributed by atoms with Gasteiger partial charge in [0.2, 0.25) is 0 Å². The Labute approximate surface area is 168 Å². The number of furan rings is 2. The smallest absolute Gasteiger partial charge is 0.134 e. The van der Waals surface area contributed by atoms with Crippen molar-refractivity contribution >= 4 is 54.3 Å². The lowest BCUT2D eigenvalue weighted by Crippen LogP contribution is -1.82. The Balaban J connectivity index is 1.59. The molecule has 0 spiro atoms. The molecular weight excluding hydrogens is 356 g/mol. The van der Waals surface area contributed by atoms with Crippen LogP contribution in [0.25, 0.3) is 54.3 Å². The maximum absolute atomic E-state index is 6.13. The van der Waals surface area contributed by atoms with Crippen molar-refractivity contribution in [2.45, 2.75) is 32.6 Å². The van der Waals surface area contributed by atoms with Gasteiger partial charge in [-0.05, 0) is 63.0 Å². The van der Waals surface area contributed by atoms with E-state index < -0.39 is 0 Å². The van der Waals surface area contributed by atoms with Gasteiger partial charge in [-0.1, -0.05) is 56.2 Å². The van der Waals surface area contributed by atoms with Crippen LogP contribution in [0.5, 0.6) is 0 Å². The van der Waals surface area contributed by atoms with Crippen LogP contribution in [-0.2, 0) is 6.42 Å². The number of unbranched alkanes of at least 4 members (excludes halogenated alkanes) is 2. The molecule has 0 amide bonds. The van der Waals surface area contributed by atoms with Crippen molar-refractivity contribution in [3.63, 3.8) is 0 Å². The zero-order chi connectivity index (χ0) is 19.4. The van der Waals surface area contributed by atoms with E-state index in [1.165, 1.54) is 62.4 Å². The lowest BCUT2D eigenvalue weighted by molar-refractivity contribution is 0.531. The molecule has 0 fully saturated rings. The molecule has 2 heteroatoms. The molecule has 0 saturated heterocycles. The summed E-state index contributed by atoms with van der Waals surface area (Å²) in [6.45, 7) is 2.23. The second kappa shape index (κ2) is 6.38. The summed E-state index contributed by atoms with van der Waals surface area (Å²) in [7, 11) is 0. The highest BCUT2D eigenvalue weighted by Gasteiger charge is 2.12. The van der Waals surface area contributed by atoms with Crippen LogP contribution in [0.3, 0.4) is 0 Å². The van der Waals surface area contributed by atoms with Crippen LogP contribution in [0.4, 0.5) is 0 Å². The maximum atomic E-state index is 6.13. The van der Waals surface area contributed by atoms with Gasteiger partial charge in [-0.15, -0.1) is 0 Å². The number of hydrogen-bond donors (Lipinski definition) is 0. The molecule has 2 heterocycles. The van der Waals surface area contributed by atoms with Crippen LogP contribution in [0, 0.1) is 0 Å². The first-order valence-electron chi connectivity index (χ1n) is 10.5. The third-order valence-electron chi connectivity index (χ3n) is 6.20. The van der Waals surface area contributed by atoms with E-state index in [-0.39, 0.29) is 0 Å². The van der Waals surface area contributed by atoms with Gasteiger partial charge < -0.3 is 8.83 Å². The maximum Gasteiger partial charge on any atom is 0.134 e. The van der Waals surface area contributed by atoms with Gasteiger partial charge in [0.25, 0.3) is 0 Å². The van der Waals surface area contributed by atoms with Crippen LogP contribution in [0.2, 0.25) is 0 Å². The van der Waals surface area contributed by atoms with E-state index in [2.05, 4.69) is 67.6 Å². The fraction of sp³-hybridized carbons (Fsp3) is 0.185. The first-order chi connectivity index (χ1) is 14.3. The van der Waals surface area contributed by atoms with E-state index >= 15 is 0 Å². The zero-order valence-corrected chi connectivity index (χ0v) is 16.5. The van der Waals surface area contributed by atoms with E-state index in [1.54, 1.807) is 6.26 Å². The molecule has 4 aromatic carbocycles. The summed E-state index contributed by atoms with van der Waals surface area (Å²) < 4.78 is 11.7. The van der Waals surface area contributed by atoms with Crippen molar-refractivity contribution < 1.29 is 8.83 Å². The van der Waals surface area contributed by atoms with E-state index in [1.807, 2.05) is 0 Å². The second-order valence-electron chi connectivity index (χ2n) is 7.96. The van der Waals surface area contributed by atoms with Gasteiger partial charge in [0.15, 0.2) is 0 Å². The fourth-order valence-electron chi connectivity index (χ4n) is 4.74. The molecule has 0 saturated carbocycles. The SMILES string of the molecule is CCCCCc1cc2c(ccc3c2ccc2c4ccc5occc5c4ccc32)o1. The topological polar surface area (TPSA) is 26.3 Å². The van der Waals surface area contributed by atoms with Gasteiger partial charge in [0, 0.05) is 17.2 Å². The van der Waals surface area contributed by atoms with E-state index in [0.29, 0.717) is 0 Å². The highest BCUT2D eigenvalue weighted by atomic mass is 16.3. The summed E-state index contributed by atoms with van der Waals surface area (Å²) in [6, 6.07) is 21.9. The van der Waals surface area contributed by atoms with Crippen LogP contribution in [0.15, 0.2) is 75.8 Å². The molecule has 6 aromatic rings. The lowest BCUT2D eigenvalue weighted by atomic mass is 9.95. The van der Waals surface area contributed by atoms with Gasteiger partial charge in [0.1, 0.15) is 16.9 Å². The standard InChI is InChI=1S/C27H22O2/c1-2-3-4-5-17-16-25-23-9-7-18-19(21(23)11-13-27(25)29-17)6-8-22-20(18)10-12-26-24(22)14-15-28-26/h6-16H,2-5H2,1H3. The minimum absolute atomic E-state index is 0.938. The van der Waals surface area contributed by atoms with Gasteiger partial charge in [-0.2, -0.15) is 0 Å². The van der Waals surface area contributed by atoms with E-state index in [4.69, 9.17) is 8.83 Å². The minimum Gasteiger partial charge on any atom is -0.464 e. The van der Waals surface area contributed by atoms with E-state index in [9.17, 15) is 0 Å². The first kappa shape index (κ1) is 16.7. The van der Waals surface area contributed by atoms with Crippen LogP contribution >= 0.6 is 0 Å². The first-order valence-corrected chi connectivity index (χ1v) is 10.5. The summed E-state index contributed by atoms with van der Waals surface area (Å²) in [5.41, 5.74) is 1.93. The molecule has 0 unspecified atom stereocenters. The normalized spacial score (nSPS) is 12.2. The average molecular weight is 378 g/mol. The summed E-state index contributed by atoms with van der Waals surface area (Å²) >= 11 is 0. The molecule has 0 bridgehead atoms. The van der Waals surface area contributed by atoms with Crippen LogP contribution in [-0.4, -0.2) is 0 Å². The van der Waals surface area contributed by atoms with Crippen molar-refractivity contribution in [3.05, 3.63) is 72.7 Å². The average Bonchev–Trinajstić information content (AvgIpc) is 3.39. The van der Waals surface area contributed by atoms with Gasteiger partial charge in [-0.25, -0.2) is 0 Å². The van der Waals surface area contributed by atoms with Crippen molar-refractivity contribution in [2.75, 3.05) is 0 Å². The molecule has 2 nitrogen and oxygen atoms in total. The second-order valence-corrected chi connectivity index (χ2v) is 7.96. The quantitative estimate of drug-likeness (QED) is 0.227. The van der Waals surface area contributed by atoms with E-state index in [0.717, 1.165) is 23.3 Å². The fourth-order valence-corrected chi connectivity index (χ4v) is 4.74. The predicted molar refractivity (Wildman–Crippen MR) is 122 cm³/mol. The lowest BCUT2D eigenvalue weighted by Gasteiger charge is -2.08. The Morgan fingerprint density at radius 2 is 1.17 bits per heavy atom. The summed E-state index contributed by atoms with van der Waals surface area (Å²) in [4.78, 5) is 0. The molecule has 29 heavy (non-hydrogen) atoms. The highest BCUT2D eigenvalue weighted by Crippen LogP contribution is 2.37. The van der Waals surface area contributed by atoms with Crippen molar-refractivity contribution in [1.82, 2.24) is 0 Å². The third kappa shape index (κ3) is 2.49. The summed E-state index contributed by atoms with van der Waals surface area (Å²) in [6.07, 6.45) is 6.45. The highest BCUT2D eigenvalue weighted by molar-refractivity contribution is 6.24. The Morgan fingerprint density at radius 3 is 1.86 bits per heavy atom. The Kier molecular flexibility index (Phi) is 3.67. The number of rotatable bonds is 4. The Hall–Kier alpha value is -3.26. The van der Waals surface area contributed by atoms with Crippen molar-refractivity contribution in [2.24, 2.45) is 0 Å². The molecule has 0 atom stereocenters. The zero-order valence-electron chi connectivity index (χ0n) is 16.5. The Bertz CT molecular complexity index is 1510. The van der Waals surface area contributed by atoms with Crippen molar-refractivity contribution in [3.8, 4) is 0 Å². The van der Waals surface area contributed by atoms with Gasteiger partial charge in [0.05, 0.1) is 6.26 Å². The molecule has 2 aromatic heterocycles.